The van der Waals surface area contributed by atoms with Crippen LogP contribution in [0.4, 0.5) is 5.69 Å². The SMILES string of the molecule is CCOc1ccc(S(=O)(=O)Nc2ccc(C(C)C)cc2)cc1OCC. The topological polar surface area (TPSA) is 64.6 Å². The van der Waals surface area contributed by atoms with Crippen molar-refractivity contribution in [3.63, 3.8) is 0 Å². The summed E-state index contributed by atoms with van der Waals surface area (Å²) < 4.78 is 38.8. The number of rotatable bonds is 8. The molecule has 0 heterocycles. The number of anilines is 1. The Hall–Kier alpha value is -2.21. The van der Waals surface area contributed by atoms with Gasteiger partial charge in [0, 0.05) is 11.8 Å². The monoisotopic (exact) mass is 363 g/mol. The molecule has 0 radical (unpaired) electrons. The Morgan fingerprint density at radius 3 is 2.08 bits per heavy atom. The molecule has 25 heavy (non-hydrogen) atoms. The Labute approximate surface area is 150 Å². The molecule has 6 heteroatoms. The lowest BCUT2D eigenvalue weighted by molar-refractivity contribution is 0.287. The molecule has 0 atom stereocenters. The predicted octanol–water partition coefficient (Wildman–Crippen LogP) is 4.41. The van der Waals surface area contributed by atoms with Gasteiger partial charge in [-0.05, 0) is 49.6 Å². The Morgan fingerprint density at radius 1 is 0.920 bits per heavy atom. The summed E-state index contributed by atoms with van der Waals surface area (Å²) in [6.45, 7) is 8.79. The van der Waals surface area contributed by atoms with E-state index in [1.165, 1.54) is 12.1 Å². The smallest absolute Gasteiger partial charge is 0.262 e. The molecule has 136 valence electrons. The van der Waals surface area contributed by atoms with Gasteiger partial charge >= 0.3 is 0 Å². The molecule has 0 aromatic heterocycles. The molecule has 0 amide bonds. The Morgan fingerprint density at radius 2 is 1.52 bits per heavy atom. The zero-order valence-corrected chi connectivity index (χ0v) is 15.9. The van der Waals surface area contributed by atoms with Gasteiger partial charge < -0.3 is 9.47 Å². The van der Waals surface area contributed by atoms with Gasteiger partial charge in [-0.15, -0.1) is 0 Å². The highest BCUT2D eigenvalue weighted by Gasteiger charge is 2.17. The van der Waals surface area contributed by atoms with E-state index < -0.39 is 10.0 Å². The zero-order valence-electron chi connectivity index (χ0n) is 15.1. The average Bonchev–Trinajstić information content (AvgIpc) is 2.57. The van der Waals surface area contributed by atoms with E-state index in [0.717, 1.165) is 5.56 Å². The van der Waals surface area contributed by atoms with E-state index in [1.807, 2.05) is 26.0 Å². The fraction of sp³-hybridized carbons (Fsp3) is 0.368. The summed E-state index contributed by atoms with van der Waals surface area (Å²) in [6, 6.07) is 12.0. The summed E-state index contributed by atoms with van der Waals surface area (Å²) in [6.07, 6.45) is 0. The van der Waals surface area contributed by atoms with E-state index in [1.54, 1.807) is 18.2 Å². The first kappa shape index (κ1) is 19.1. The van der Waals surface area contributed by atoms with Crippen molar-refractivity contribution in [1.82, 2.24) is 0 Å². The van der Waals surface area contributed by atoms with Crippen molar-refractivity contribution in [2.45, 2.75) is 38.5 Å². The van der Waals surface area contributed by atoms with Crippen LogP contribution in [0, 0.1) is 0 Å². The van der Waals surface area contributed by atoms with Gasteiger partial charge in [0.05, 0.1) is 18.1 Å². The van der Waals surface area contributed by atoms with Crippen LogP contribution in [0.5, 0.6) is 11.5 Å². The molecule has 0 aliphatic carbocycles. The molecule has 2 rings (SSSR count). The summed E-state index contributed by atoms with van der Waals surface area (Å²) >= 11 is 0. The van der Waals surface area contributed by atoms with Gasteiger partial charge in [0.2, 0.25) is 0 Å². The highest BCUT2D eigenvalue weighted by molar-refractivity contribution is 7.92. The number of hydrogen-bond donors (Lipinski definition) is 1. The average molecular weight is 363 g/mol. The summed E-state index contributed by atoms with van der Waals surface area (Å²) in [7, 11) is -3.70. The van der Waals surface area contributed by atoms with Crippen molar-refractivity contribution in [3.05, 3.63) is 48.0 Å². The maximum atomic E-state index is 12.6. The van der Waals surface area contributed by atoms with Gasteiger partial charge in [0.1, 0.15) is 0 Å². The minimum Gasteiger partial charge on any atom is -0.490 e. The quantitative estimate of drug-likeness (QED) is 0.754. The molecule has 0 saturated heterocycles. The maximum Gasteiger partial charge on any atom is 0.262 e. The molecule has 2 aromatic carbocycles. The fourth-order valence-electron chi connectivity index (χ4n) is 2.35. The third kappa shape index (κ3) is 4.89. The number of nitrogens with one attached hydrogen (secondary N) is 1. The van der Waals surface area contributed by atoms with E-state index in [4.69, 9.17) is 9.47 Å². The Balaban J connectivity index is 2.27. The Kier molecular flexibility index (Phi) is 6.31. The highest BCUT2D eigenvalue weighted by atomic mass is 32.2. The fourth-order valence-corrected chi connectivity index (χ4v) is 3.42. The molecule has 0 aliphatic rings. The first-order valence-corrected chi connectivity index (χ1v) is 9.88. The van der Waals surface area contributed by atoms with Crippen molar-refractivity contribution in [3.8, 4) is 11.5 Å². The minimum absolute atomic E-state index is 0.132. The molecule has 1 N–H and O–H groups in total. The van der Waals surface area contributed by atoms with E-state index in [2.05, 4.69) is 18.6 Å². The molecule has 0 aliphatic heterocycles. The van der Waals surface area contributed by atoms with Gasteiger partial charge in [0.15, 0.2) is 11.5 Å². The first-order valence-electron chi connectivity index (χ1n) is 8.39. The number of ether oxygens (including phenoxy) is 2. The van der Waals surface area contributed by atoms with Gasteiger partial charge in [-0.25, -0.2) is 8.42 Å². The molecule has 2 aromatic rings. The standard InChI is InChI=1S/C19H25NO4S/c1-5-23-18-12-11-17(13-19(18)24-6-2)25(21,22)20-16-9-7-15(8-10-16)14(3)4/h7-14,20H,5-6H2,1-4H3. The third-order valence-electron chi connectivity index (χ3n) is 3.65. The van der Waals surface area contributed by atoms with Crippen LogP contribution in [0.25, 0.3) is 0 Å². The van der Waals surface area contributed by atoms with E-state index in [-0.39, 0.29) is 4.90 Å². The molecular weight excluding hydrogens is 338 g/mol. The summed E-state index contributed by atoms with van der Waals surface area (Å²) in [5, 5.41) is 0. The van der Waals surface area contributed by atoms with Crippen LogP contribution in [0.15, 0.2) is 47.4 Å². The van der Waals surface area contributed by atoms with Crippen LogP contribution < -0.4 is 14.2 Å². The van der Waals surface area contributed by atoms with Gasteiger partial charge in [-0.2, -0.15) is 0 Å². The normalized spacial score (nSPS) is 11.4. The largest absolute Gasteiger partial charge is 0.490 e. The molecule has 5 nitrogen and oxygen atoms in total. The molecule has 0 fully saturated rings. The van der Waals surface area contributed by atoms with Crippen molar-refractivity contribution < 1.29 is 17.9 Å². The Bertz CT molecular complexity index is 799. The van der Waals surface area contributed by atoms with Crippen LogP contribution in [0.3, 0.4) is 0 Å². The number of sulfonamides is 1. The second-order valence-corrected chi connectivity index (χ2v) is 7.54. The lowest BCUT2D eigenvalue weighted by atomic mass is 10.0. The van der Waals surface area contributed by atoms with E-state index in [0.29, 0.717) is 36.3 Å². The molecule has 0 unspecified atom stereocenters. The second kappa shape index (κ2) is 8.25. The minimum atomic E-state index is -3.70. The second-order valence-electron chi connectivity index (χ2n) is 5.86. The maximum absolute atomic E-state index is 12.6. The van der Waals surface area contributed by atoms with Crippen molar-refractivity contribution >= 4 is 15.7 Å². The van der Waals surface area contributed by atoms with Crippen LogP contribution in [0.2, 0.25) is 0 Å². The molecule has 0 saturated carbocycles. The number of hydrogen-bond acceptors (Lipinski definition) is 4. The molecular formula is C19H25NO4S. The number of benzene rings is 2. The predicted molar refractivity (Wildman–Crippen MR) is 100 cm³/mol. The first-order chi connectivity index (χ1) is 11.9. The van der Waals surface area contributed by atoms with Crippen molar-refractivity contribution in [2.24, 2.45) is 0 Å². The van der Waals surface area contributed by atoms with Crippen molar-refractivity contribution in [2.75, 3.05) is 17.9 Å². The van der Waals surface area contributed by atoms with Crippen molar-refractivity contribution in [1.29, 1.82) is 0 Å². The van der Waals surface area contributed by atoms with Crippen LogP contribution >= 0.6 is 0 Å². The highest BCUT2D eigenvalue weighted by Crippen LogP contribution is 2.31. The summed E-state index contributed by atoms with van der Waals surface area (Å²) in [4.78, 5) is 0.132. The van der Waals surface area contributed by atoms with Crippen LogP contribution in [0.1, 0.15) is 39.2 Å². The summed E-state index contributed by atoms with van der Waals surface area (Å²) in [5.41, 5.74) is 1.68. The van der Waals surface area contributed by atoms with Crippen LogP contribution in [-0.4, -0.2) is 21.6 Å². The third-order valence-corrected chi connectivity index (χ3v) is 5.03. The molecule has 0 bridgehead atoms. The summed E-state index contributed by atoms with van der Waals surface area (Å²) in [5.74, 6) is 1.34. The van der Waals surface area contributed by atoms with E-state index >= 15 is 0 Å². The van der Waals surface area contributed by atoms with Crippen LogP contribution in [-0.2, 0) is 10.0 Å². The zero-order chi connectivity index (χ0) is 18.4. The molecule has 0 spiro atoms. The lowest BCUT2D eigenvalue weighted by Gasteiger charge is -2.14. The van der Waals surface area contributed by atoms with E-state index in [9.17, 15) is 8.42 Å². The van der Waals surface area contributed by atoms with Gasteiger partial charge in [-0.1, -0.05) is 26.0 Å². The van der Waals surface area contributed by atoms with Gasteiger partial charge in [-0.3, -0.25) is 4.72 Å². The lowest BCUT2D eigenvalue weighted by Crippen LogP contribution is -2.13. The van der Waals surface area contributed by atoms with Gasteiger partial charge in [0.25, 0.3) is 10.0 Å².